The summed E-state index contributed by atoms with van der Waals surface area (Å²) in [7, 11) is 1.99. The Bertz CT molecular complexity index is 459. The summed E-state index contributed by atoms with van der Waals surface area (Å²) in [5, 5.41) is 12.2. The molecule has 0 saturated heterocycles. The maximum Gasteiger partial charge on any atom is 0.0597 e. The zero-order valence-corrected chi connectivity index (χ0v) is 11.4. The number of hydrogen-bond donors (Lipinski definition) is 1. The molecule has 92 valence electrons. The molecule has 3 nitrogen and oxygen atoms in total. The standard InChI is InChI=1S/C13H19N3S/c1-10(6-12-4-5-17-9-12)14-8-13-7-11(2)15-16(13)3/h4-5,7,9-10,14H,6,8H2,1-3H3. The molecule has 0 aliphatic carbocycles. The van der Waals surface area contributed by atoms with Gasteiger partial charge in [0.15, 0.2) is 0 Å². The van der Waals surface area contributed by atoms with Crippen molar-refractivity contribution >= 4 is 11.3 Å². The van der Waals surface area contributed by atoms with Crippen molar-refractivity contribution in [3.8, 4) is 0 Å². The number of hydrogen-bond acceptors (Lipinski definition) is 3. The zero-order valence-electron chi connectivity index (χ0n) is 10.6. The average Bonchev–Trinajstić information content (AvgIpc) is 2.86. The third kappa shape index (κ3) is 3.41. The molecule has 0 aliphatic heterocycles. The van der Waals surface area contributed by atoms with E-state index in [4.69, 9.17) is 0 Å². The lowest BCUT2D eigenvalue weighted by Crippen LogP contribution is -2.28. The van der Waals surface area contributed by atoms with E-state index in [0.717, 1.165) is 18.7 Å². The van der Waals surface area contributed by atoms with Crippen LogP contribution < -0.4 is 5.32 Å². The fourth-order valence-corrected chi connectivity index (χ4v) is 2.62. The van der Waals surface area contributed by atoms with Crippen molar-refractivity contribution < 1.29 is 0 Å². The monoisotopic (exact) mass is 249 g/mol. The molecule has 0 amide bonds. The Labute approximate surface area is 106 Å². The summed E-state index contributed by atoms with van der Waals surface area (Å²) in [5.74, 6) is 0. The first kappa shape index (κ1) is 12.3. The van der Waals surface area contributed by atoms with Crippen LogP contribution in [0.5, 0.6) is 0 Å². The maximum atomic E-state index is 4.34. The number of aromatic nitrogens is 2. The number of aryl methyl sites for hydroxylation is 2. The van der Waals surface area contributed by atoms with Crippen molar-refractivity contribution in [3.63, 3.8) is 0 Å². The smallest absolute Gasteiger partial charge is 0.0597 e. The van der Waals surface area contributed by atoms with E-state index in [0.29, 0.717) is 6.04 Å². The number of thiophene rings is 1. The first-order valence-corrected chi connectivity index (χ1v) is 6.83. The normalized spacial score (nSPS) is 12.9. The molecule has 0 fully saturated rings. The van der Waals surface area contributed by atoms with E-state index in [1.54, 1.807) is 11.3 Å². The molecule has 4 heteroatoms. The number of nitrogens with zero attached hydrogens (tertiary/aromatic N) is 2. The molecule has 0 aromatic carbocycles. The fourth-order valence-electron chi connectivity index (χ4n) is 1.94. The number of nitrogens with one attached hydrogen (secondary N) is 1. The van der Waals surface area contributed by atoms with Gasteiger partial charge in [-0.3, -0.25) is 4.68 Å². The lowest BCUT2D eigenvalue weighted by molar-refractivity contribution is 0.526. The topological polar surface area (TPSA) is 29.9 Å². The highest BCUT2D eigenvalue weighted by Crippen LogP contribution is 2.09. The molecule has 1 unspecified atom stereocenters. The lowest BCUT2D eigenvalue weighted by atomic mass is 10.1. The summed E-state index contributed by atoms with van der Waals surface area (Å²) in [6.07, 6.45) is 1.08. The van der Waals surface area contributed by atoms with Crippen LogP contribution >= 0.6 is 11.3 Å². The largest absolute Gasteiger partial charge is 0.308 e. The molecule has 0 aliphatic rings. The van der Waals surface area contributed by atoms with Crippen LogP contribution in [0.4, 0.5) is 0 Å². The second-order valence-corrected chi connectivity index (χ2v) is 5.30. The van der Waals surface area contributed by atoms with Crippen molar-refractivity contribution in [2.24, 2.45) is 7.05 Å². The quantitative estimate of drug-likeness (QED) is 0.882. The molecule has 1 atom stereocenters. The van der Waals surface area contributed by atoms with Crippen LogP contribution in [0.15, 0.2) is 22.9 Å². The second kappa shape index (κ2) is 5.47. The SMILES string of the molecule is Cc1cc(CNC(C)Cc2ccsc2)n(C)n1. The van der Waals surface area contributed by atoms with Crippen molar-refractivity contribution in [2.45, 2.75) is 32.9 Å². The van der Waals surface area contributed by atoms with Gasteiger partial charge in [-0.1, -0.05) is 0 Å². The molecule has 2 aromatic rings. The number of rotatable bonds is 5. The van der Waals surface area contributed by atoms with Crippen molar-refractivity contribution in [3.05, 3.63) is 39.8 Å². The van der Waals surface area contributed by atoms with E-state index >= 15 is 0 Å². The first-order chi connectivity index (χ1) is 8.15. The van der Waals surface area contributed by atoms with Crippen LogP contribution in [0.3, 0.4) is 0 Å². The zero-order chi connectivity index (χ0) is 12.3. The van der Waals surface area contributed by atoms with Crippen LogP contribution in [0.2, 0.25) is 0 Å². The summed E-state index contributed by atoms with van der Waals surface area (Å²) < 4.78 is 1.94. The Hall–Kier alpha value is -1.13. The van der Waals surface area contributed by atoms with Gasteiger partial charge >= 0.3 is 0 Å². The van der Waals surface area contributed by atoms with Gasteiger partial charge in [-0.2, -0.15) is 16.4 Å². The Morgan fingerprint density at radius 1 is 1.53 bits per heavy atom. The summed E-state index contributed by atoms with van der Waals surface area (Å²) in [5.41, 5.74) is 3.73. The van der Waals surface area contributed by atoms with Gasteiger partial charge in [0.05, 0.1) is 11.4 Å². The molecule has 2 heterocycles. The van der Waals surface area contributed by atoms with E-state index in [1.165, 1.54) is 11.3 Å². The average molecular weight is 249 g/mol. The molecule has 0 spiro atoms. The third-order valence-electron chi connectivity index (χ3n) is 2.85. The fraction of sp³-hybridized carbons (Fsp3) is 0.462. The van der Waals surface area contributed by atoms with E-state index in [-0.39, 0.29) is 0 Å². The van der Waals surface area contributed by atoms with Crippen LogP contribution in [0, 0.1) is 6.92 Å². The molecule has 0 radical (unpaired) electrons. The molecule has 0 saturated carbocycles. The van der Waals surface area contributed by atoms with Crippen molar-refractivity contribution in [1.82, 2.24) is 15.1 Å². The highest BCUT2D eigenvalue weighted by molar-refractivity contribution is 7.07. The predicted molar refractivity (Wildman–Crippen MR) is 72.3 cm³/mol. The minimum atomic E-state index is 0.486. The molecular weight excluding hydrogens is 230 g/mol. The molecule has 1 N–H and O–H groups in total. The molecule has 2 aromatic heterocycles. The van der Waals surface area contributed by atoms with Gasteiger partial charge in [-0.25, -0.2) is 0 Å². The van der Waals surface area contributed by atoms with E-state index < -0.39 is 0 Å². The second-order valence-electron chi connectivity index (χ2n) is 4.52. The van der Waals surface area contributed by atoms with Crippen molar-refractivity contribution in [2.75, 3.05) is 0 Å². The molecule has 0 bridgehead atoms. The Kier molecular flexibility index (Phi) is 3.97. The molecule has 2 rings (SSSR count). The molecule has 17 heavy (non-hydrogen) atoms. The van der Waals surface area contributed by atoms with Crippen LogP contribution in [0.25, 0.3) is 0 Å². The van der Waals surface area contributed by atoms with Crippen LogP contribution in [-0.2, 0) is 20.0 Å². The van der Waals surface area contributed by atoms with Crippen LogP contribution in [0.1, 0.15) is 23.9 Å². The maximum absolute atomic E-state index is 4.34. The minimum absolute atomic E-state index is 0.486. The Morgan fingerprint density at radius 3 is 2.94 bits per heavy atom. The molecular formula is C13H19N3S. The Balaban J connectivity index is 1.84. The van der Waals surface area contributed by atoms with Gasteiger partial charge in [0.2, 0.25) is 0 Å². The van der Waals surface area contributed by atoms with Gasteiger partial charge in [-0.15, -0.1) is 0 Å². The summed E-state index contributed by atoms with van der Waals surface area (Å²) in [4.78, 5) is 0. The highest BCUT2D eigenvalue weighted by Gasteiger charge is 2.06. The van der Waals surface area contributed by atoms with Crippen molar-refractivity contribution in [1.29, 1.82) is 0 Å². The predicted octanol–water partition coefficient (Wildman–Crippen LogP) is 2.51. The lowest BCUT2D eigenvalue weighted by Gasteiger charge is -2.12. The third-order valence-corrected chi connectivity index (χ3v) is 3.58. The summed E-state index contributed by atoms with van der Waals surface area (Å²) in [6, 6.07) is 4.81. The van der Waals surface area contributed by atoms with Gasteiger partial charge in [0.1, 0.15) is 0 Å². The van der Waals surface area contributed by atoms with E-state index in [2.05, 4.69) is 40.2 Å². The highest BCUT2D eigenvalue weighted by atomic mass is 32.1. The van der Waals surface area contributed by atoms with E-state index in [1.807, 2.05) is 18.7 Å². The first-order valence-electron chi connectivity index (χ1n) is 5.89. The Morgan fingerprint density at radius 2 is 2.35 bits per heavy atom. The van der Waals surface area contributed by atoms with Gasteiger partial charge < -0.3 is 5.32 Å². The summed E-state index contributed by atoms with van der Waals surface area (Å²) >= 11 is 1.76. The van der Waals surface area contributed by atoms with Crippen LogP contribution in [-0.4, -0.2) is 15.8 Å². The van der Waals surface area contributed by atoms with Gasteiger partial charge in [0.25, 0.3) is 0 Å². The summed E-state index contributed by atoms with van der Waals surface area (Å²) in [6.45, 7) is 5.13. The van der Waals surface area contributed by atoms with Gasteiger partial charge in [-0.05, 0) is 48.7 Å². The minimum Gasteiger partial charge on any atom is -0.308 e. The van der Waals surface area contributed by atoms with E-state index in [9.17, 15) is 0 Å². The van der Waals surface area contributed by atoms with Gasteiger partial charge in [0, 0.05) is 19.6 Å².